The van der Waals surface area contributed by atoms with E-state index in [1.54, 1.807) is 18.1 Å². The predicted molar refractivity (Wildman–Crippen MR) is 144 cm³/mol. The first-order valence-corrected chi connectivity index (χ1v) is 13.4. The van der Waals surface area contributed by atoms with Crippen molar-refractivity contribution in [1.82, 2.24) is 14.3 Å². The van der Waals surface area contributed by atoms with Crippen LogP contribution in [-0.4, -0.2) is 66.0 Å². The van der Waals surface area contributed by atoms with Gasteiger partial charge in [-0.3, -0.25) is 4.31 Å². The standard InChI is InChI=1S/C27H30N6O2S/c1-36-33-12-9-24(10-13-33)35-26-7-2-20(18-21(26)19-28)25-8-11-29-27(31-25)30-22-3-5-23(6-4-22)32-14-16-34-17-15-32/h2-8,11,18,24H,9-10,12-17H2,1H3,(H,29,30,31). The lowest BCUT2D eigenvalue weighted by molar-refractivity contribution is 0.122. The van der Waals surface area contributed by atoms with Crippen molar-refractivity contribution < 1.29 is 9.47 Å². The Kier molecular flexibility index (Phi) is 7.86. The Hall–Kier alpha value is -3.32. The van der Waals surface area contributed by atoms with Crippen molar-refractivity contribution in [1.29, 1.82) is 5.26 Å². The predicted octanol–water partition coefficient (Wildman–Crippen LogP) is 4.72. The van der Waals surface area contributed by atoms with Crippen LogP contribution in [0.2, 0.25) is 0 Å². The van der Waals surface area contributed by atoms with Gasteiger partial charge in [0, 0.05) is 49.3 Å². The number of hydrogen-bond donors (Lipinski definition) is 1. The van der Waals surface area contributed by atoms with Gasteiger partial charge in [0.05, 0.1) is 24.5 Å². The highest BCUT2D eigenvalue weighted by Gasteiger charge is 2.21. The molecule has 0 spiro atoms. The van der Waals surface area contributed by atoms with Gasteiger partial charge in [0.15, 0.2) is 0 Å². The van der Waals surface area contributed by atoms with Crippen LogP contribution < -0.4 is 15.0 Å². The lowest BCUT2D eigenvalue weighted by atomic mass is 10.1. The highest BCUT2D eigenvalue weighted by molar-refractivity contribution is 7.96. The summed E-state index contributed by atoms with van der Waals surface area (Å²) >= 11 is 1.77. The van der Waals surface area contributed by atoms with Crippen molar-refractivity contribution in [2.75, 3.05) is 55.9 Å². The Labute approximate surface area is 216 Å². The summed E-state index contributed by atoms with van der Waals surface area (Å²) in [7, 11) is 0. The molecule has 1 N–H and O–H groups in total. The van der Waals surface area contributed by atoms with Crippen LogP contribution in [0.4, 0.5) is 17.3 Å². The molecule has 0 radical (unpaired) electrons. The molecule has 2 aliphatic rings. The van der Waals surface area contributed by atoms with Crippen molar-refractivity contribution in [2.24, 2.45) is 0 Å². The molecule has 36 heavy (non-hydrogen) atoms. The molecule has 186 valence electrons. The van der Waals surface area contributed by atoms with E-state index in [0.717, 1.165) is 69.2 Å². The lowest BCUT2D eigenvalue weighted by Crippen LogP contribution is -2.36. The van der Waals surface area contributed by atoms with Crippen molar-refractivity contribution >= 4 is 29.3 Å². The third kappa shape index (κ3) is 5.90. The van der Waals surface area contributed by atoms with Crippen LogP contribution in [0.1, 0.15) is 18.4 Å². The highest BCUT2D eigenvalue weighted by Crippen LogP contribution is 2.29. The molecule has 3 aromatic rings. The second-order valence-electron chi connectivity index (χ2n) is 8.79. The Morgan fingerprint density at radius 1 is 1.06 bits per heavy atom. The van der Waals surface area contributed by atoms with Gasteiger partial charge in [0.25, 0.3) is 0 Å². The molecule has 0 bridgehead atoms. The number of nitriles is 1. The van der Waals surface area contributed by atoms with Gasteiger partial charge in [0.2, 0.25) is 5.95 Å². The van der Waals surface area contributed by atoms with Gasteiger partial charge >= 0.3 is 0 Å². The zero-order valence-corrected chi connectivity index (χ0v) is 21.2. The molecule has 0 amide bonds. The summed E-state index contributed by atoms with van der Waals surface area (Å²) in [5.41, 5.74) is 4.21. The van der Waals surface area contributed by atoms with Crippen LogP contribution in [0.5, 0.6) is 5.75 Å². The van der Waals surface area contributed by atoms with E-state index in [-0.39, 0.29) is 6.10 Å². The molecule has 2 aliphatic heterocycles. The summed E-state index contributed by atoms with van der Waals surface area (Å²) in [6.45, 7) is 5.34. The highest BCUT2D eigenvalue weighted by atomic mass is 32.2. The summed E-state index contributed by atoms with van der Waals surface area (Å²) in [5.74, 6) is 1.14. The average Bonchev–Trinajstić information content (AvgIpc) is 2.95. The van der Waals surface area contributed by atoms with Gasteiger partial charge in [-0.15, -0.1) is 0 Å². The van der Waals surface area contributed by atoms with E-state index in [9.17, 15) is 5.26 Å². The second kappa shape index (κ2) is 11.6. The van der Waals surface area contributed by atoms with Crippen LogP contribution in [0.3, 0.4) is 0 Å². The number of morpholine rings is 1. The molecule has 0 atom stereocenters. The summed E-state index contributed by atoms with van der Waals surface area (Å²) in [4.78, 5) is 11.4. The smallest absolute Gasteiger partial charge is 0.227 e. The van der Waals surface area contributed by atoms with Crippen LogP contribution in [-0.2, 0) is 4.74 Å². The molecule has 1 aromatic heterocycles. The van der Waals surface area contributed by atoms with Crippen LogP contribution in [0.25, 0.3) is 11.3 Å². The number of benzene rings is 2. The van der Waals surface area contributed by atoms with Crippen molar-refractivity contribution in [2.45, 2.75) is 18.9 Å². The minimum Gasteiger partial charge on any atom is -0.489 e. The number of nitrogens with one attached hydrogen (secondary N) is 1. The number of rotatable bonds is 7. The minimum atomic E-state index is 0.135. The molecule has 2 saturated heterocycles. The number of hydrogen-bond acceptors (Lipinski definition) is 9. The fourth-order valence-corrected chi connectivity index (χ4v) is 5.05. The first-order chi connectivity index (χ1) is 17.7. The van der Waals surface area contributed by atoms with Crippen molar-refractivity contribution in [3.05, 3.63) is 60.3 Å². The van der Waals surface area contributed by atoms with Gasteiger partial charge in [-0.05, 0) is 67.6 Å². The van der Waals surface area contributed by atoms with Gasteiger partial charge < -0.3 is 19.7 Å². The number of piperidine rings is 1. The normalized spacial score (nSPS) is 16.9. The SMILES string of the molecule is CSN1CCC(Oc2ccc(-c3ccnc(Nc4ccc(N5CCOCC5)cc4)n3)cc2C#N)CC1. The fraction of sp³-hybridized carbons (Fsp3) is 0.370. The Balaban J connectivity index is 1.26. The van der Waals surface area contributed by atoms with Gasteiger partial charge in [-0.1, -0.05) is 11.9 Å². The topological polar surface area (TPSA) is 86.5 Å². The maximum Gasteiger partial charge on any atom is 0.227 e. The quantitative estimate of drug-likeness (QED) is 0.461. The number of anilines is 3. The zero-order chi connectivity index (χ0) is 24.7. The molecular weight excluding hydrogens is 472 g/mol. The number of ether oxygens (including phenoxy) is 2. The molecule has 5 rings (SSSR count). The first kappa shape index (κ1) is 24.4. The summed E-state index contributed by atoms with van der Waals surface area (Å²) < 4.78 is 14.0. The summed E-state index contributed by atoms with van der Waals surface area (Å²) in [6.07, 6.45) is 5.88. The summed E-state index contributed by atoms with van der Waals surface area (Å²) in [6, 6.07) is 18.1. The minimum absolute atomic E-state index is 0.135. The molecule has 9 heteroatoms. The van der Waals surface area contributed by atoms with Crippen LogP contribution >= 0.6 is 11.9 Å². The molecule has 3 heterocycles. The zero-order valence-electron chi connectivity index (χ0n) is 20.4. The van der Waals surface area contributed by atoms with Crippen molar-refractivity contribution in [3.8, 4) is 23.1 Å². The first-order valence-electron chi connectivity index (χ1n) is 12.2. The van der Waals surface area contributed by atoms with E-state index in [4.69, 9.17) is 9.47 Å². The van der Waals surface area contributed by atoms with E-state index in [1.807, 2.05) is 36.4 Å². The van der Waals surface area contributed by atoms with E-state index in [0.29, 0.717) is 17.3 Å². The molecular formula is C27H30N6O2S. The van der Waals surface area contributed by atoms with Crippen LogP contribution in [0, 0.1) is 11.3 Å². The lowest BCUT2D eigenvalue weighted by Gasteiger charge is -2.30. The third-order valence-corrected chi connectivity index (χ3v) is 7.39. The van der Waals surface area contributed by atoms with E-state index in [2.05, 4.69) is 48.9 Å². The molecule has 0 aliphatic carbocycles. The van der Waals surface area contributed by atoms with Gasteiger partial charge in [-0.25, -0.2) is 9.97 Å². The number of aromatic nitrogens is 2. The average molecular weight is 503 g/mol. The molecule has 0 unspecified atom stereocenters. The molecule has 8 nitrogen and oxygen atoms in total. The Morgan fingerprint density at radius 2 is 1.83 bits per heavy atom. The number of nitrogens with zero attached hydrogens (tertiary/aromatic N) is 5. The maximum atomic E-state index is 9.77. The summed E-state index contributed by atoms with van der Waals surface area (Å²) in [5, 5.41) is 13.1. The third-order valence-electron chi connectivity index (χ3n) is 6.50. The van der Waals surface area contributed by atoms with Crippen molar-refractivity contribution in [3.63, 3.8) is 0 Å². The van der Waals surface area contributed by atoms with Crippen LogP contribution in [0.15, 0.2) is 54.7 Å². The van der Waals surface area contributed by atoms with Gasteiger partial charge in [-0.2, -0.15) is 5.26 Å². The molecule has 2 fully saturated rings. The van der Waals surface area contributed by atoms with E-state index < -0.39 is 0 Å². The monoisotopic (exact) mass is 502 g/mol. The Morgan fingerprint density at radius 3 is 2.56 bits per heavy atom. The molecule has 2 aromatic carbocycles. The fourth-order valence-electron chi connectivity index (χ4n) is 4.48. The van der Waals surface area contributed by atoms with Gasteiger partial charge in [0.1, 0.15) is 17.9 Å². The maximum absolute atomic E-state index is 9.77. The second-order valence-corrected chi connectivity index (χ2v) is 9.67. The molecule has 0 saturated carbocycles. The van der Waals surface area contributed by atoms with E-state index >= 15 is 0 Å². The van der Waals surface area contributed by atoms with E-state index in [1.165, 1.54) is 5.69 Å². The Bertz CT molecular complexity index is 1200. The largest absolute Gasteiger partial charge is 0.489 e.